The molecule has 0 heterocycles. The first-order chi connectivity index (χ1) is 24.0. The highest BCUT2D eigenvalue weighted by atomic mass is 31.1. The quantitative estimate of drug-likeness (QED) is 0.112. The summed E-state index contributed by atoms with van der Waals surface area (Å²) >= 11 is 0. The van der Waals surface area contributed by atoms with Crippen LogP contribution in [0.5, 0.6) is 5.75 Å². The molecule has 0 bridgehead atoms. The Morgan fingerprint density at radius 3 is 1.65 bits per heavy atom. The maximum atomic E-state index is 12.8. The molecule has 0 aliphatic heterocycles. The molecule has 0 radical (unpaired) electrons. The maximum absolute atomic E-state index is 12.8. The summed E-state index contributed by atoms with van der Waals surface area (Å²) in [7, 11) is -2.94. The van der Waals surface area contributed by atoms with Crippen LogP contribution in [0.4, 0.5) is 0 Å². The molecule has 0 aliphatic rings. The summed E-state index contributed by atoms with van der Waals surface area (Å²) in [5.74, 6) is 0.273. The zero-order valence-electron chi connectivity index (χ0n) is 28.5. The van der Waals surface area contributed by atoms with Gasteiger partial charge in [-0.3, -0.25) is 0 Å². The number of benzene rings is 7. The lowest BCUT2D eigenvalue weighted by molar-refractivity contribution is 0.222. The van der Waals surface area contributed by atoms with E-state index in [1.807, 2.05) is 18.2 Å². The van der Waals surface area contributed by atoms with E-state index in [4.69, 9.17) is 0 Å². The van der Waals surface area contributed by atoms with Crippen LogP contribution in [0.25, 0.3) is 32.7 Å². The molecule has 7 aromatic carbocycles. The van der Waals surface area contributed by atoms with Crippen LogP contribution in [0.15, 0.2) is 152 Å². The molecule has 2 N–H and O–H groups in total. The molecule has 7 rings (SSSR count). The second-order valence-electron chi connectivity index (χ2n) is 12.9. The molecule has 49 heavy (non-hydrogen) atoms. The molecule has 0 aliphatic carbocycles. The van der Waals surface area contributed by atoms with Crippen molar-refractivity contribution in [3.8, 4) is 16.9 Å². The van der Waals surface area contributed by atoms with Crippen molar-refractivity contribution in [2.45, 2.75) is 45.0 Å². The van der Waals surface area contributed by atoms with Gasteiger partial charge in [0.15, 0.2) is 0 Å². The van der Waals surface area contributed by atoms with Crippen LogP contribution >= 0.6 is 7.92 Å². The fraction of sp³-hybridized carbons (Fsp3) is 0.156. The number of phenols is 1. The van der Waals surface area contributed by atoms with Gasteiger partial charge in [0.1, 0.15) is 11.9 Å². The van der Waals surface area contributed by atoms with Crippen LogP contribution in [-0.2, 0) is 0 Å². The lowest BCUT2D eigenvalue weighted by atomic mass is 9.86. The molecule has 0 saturated heterocycles. The van der Waals surface area contributed by atoms with Crippen LogP contribution in [-0.4, -0.2) is 18.3 Å². The van der Waals surface area contributed by atoms with Gasteiger partial charge in [0, 0.05) is 10.9 Å². The third-order valence-corrected chi connectivity index (χ3v) is 18.7. The van der Waals surface area contributed by atoms with Crippen LogP contribution in [0, 0.1) is 0 Å². The second kappa shape index (κ2) is 14.1. The highest BCUT2D eigenvalue weighted by Gasteiger charge is 2.34. The normalized spacial score (nSPS) is 12.5. The van der Waals surface area contributed by atoms with Crippen LogP contribution in [0.2, 0.25) is 18.1 Å². The summed E-state index contributed by atoms with van der Waals surface area (Å²) in [5, 5.41) is 34.2. The summed E-state index contributed by atoms with van der Waals surface area (Å²) in [6.07, 6.45) is -0.862. The van der Waals surface area contributed by atoms with Gasteiger partial charge < -0.3 is 10.2 Å². The number of hydrogen-bond acceptors (Lipinski definition) is 2. The van der Waals surface area contributed by atoms with Crippen LogP contribution < -0.4 is 21.1 Å². The molecule has 0 unspecified atom stereocenters. The van der Waals surface area contributed by atoms with Crippen molar-refractivity contribution in [3.63, 3.8) is 0 Å². The van der Waals surface area contributed by atoms with Gasteiger partial charge in [0.05, 0.1) is 8.07 Å². The maximum Gasteiger partial charge on any atom is 0.132 e. The van der Waals surface area contributed by atoms with Gasteiger partial charge in [0.25, 0.3) is 0 Å². The summed E-state index contributed by atoms with van der Waals surface area (Å²) in [6, 6.07) is 56.2. The van der Waals surface area contributed by atoms with Crippen molar-refractivity contribution < 1.29 is 10.2 Å². The van der Waals surface area contributed by atoms with E-state index < -0.39 is 22.1 Å². The van der Waals surface area contributed by atoms with E-state index in [0.29, 0.717) is 0 Å². The summed E-state index contributed by atoms with van der Waals surface area (Å²) in [5.41, 5.74) is 3.48. The average molecular weight is 675 g/mol. The number of fused-ring (bicyclic) bond motifs is 2. The minimum absolute atomic E-state index is 0.273. The molecule has 0 aromatic heterocycles. The number of hydrogen-bond donors (Lipinski definition) is 2. The Bertz CT molecular complexity index is 2180. The first kappa shape index (κ1) is 33.0. The smallest absolute Gasteiger partial charge is 0.132 e. The number of rotatable bonds is 10. The Kier molecular flexibility index (Phi) is 9.52. The highest BCUT2D eigenvalue weighted by molar-refractivity contribution is 7.80. The van der Waals surface area contributed by atoms with Gasteiger partial charge in [-0.25, -0.2) is 0 Å². The molecule has 0 saturated carbocycles. The molecule has 0 spiro atoms. The Morgan fingerprint density at radius 1 is 0.531 bits per heavy atom. The third-order valence-electron chi connectivity index (χ3n) is 10.6. The van der Waals surface area contributed by atoms with Gasteiger partial charge in [-0.15, -0.1) is 0 Å². The number of aliphatic hydroxyl groups excluding tert-OH is 1. The van der Waals surface area contributed by atoms with Crippen molar-refractivity contribution in [2.75, 3.05) is 0 Å². The zero-order chi connectivity index (χ0) is 34.0. The minimum atomic E-state index is -1.84. The monoisotopic (exact) mass is 674 g/mol. The van der Waals surface area contributed by atoms with Crippen molar-refractivity contribution in [3.05, 3.63) is 163 Å². The van der Waals surface area contributed by atoms with Gasteiger partial charge in [-0.05, 0) is 62.8 Å². The molecular formula is C45H43O2PSi. The Hall–Kier alpha value is -4.53. The van der Waals surface area contributed by atoms with Crippen molar-refractivity contribution in [1.29, 1.82) is 0 Å². The largest absolute Gasteiger partial charge is 0.507 e. The van der Waals surface area contributed by atoms with E-state index in [2.05, 4.69) is 154 Å². The van der Waals surface area contributed by atoms with E-state index >= 15 is 0 Å². The number of aliphatic hydroxyl groups is 1. The van der Waals surface area contributed by atoms with Crippen molar-refractivity contribution in [2.24, 2.45) is 0 Å². The SMILES string of the molecule is CC[Si](CC)(CC)c1ccccc1[C@@H](O)c1ccc2ccccc2c1-c1c(O)c(P(c2ccccc2)c2ccccc2)cc2ccccc12. The van der Waals surface area contributed by atoms with E-state index in [1.54, 1.807) is 0 Å². The lowest BCUT2D eigenvalue weighted by Gasteiger charge is -2.33. The molecule has 1 atom stereocenters. The van der Waals surface area contributed by atoms with Gasteiger partial charge in [-0.1, -0.05) is 190 Å². The van der Waals surface area contributed by atoms with E-state index in [9.17, 15) is 10.2 Å². The van der Waals surface area contributed by atoms with Gasteiger partial charge in [-0.2, -0.15) is 0 Å². The van der Waals surface area contributed by atoms with Gasteiger partial charge in [0.2, 0.25) is 0 Å². The summed E-state index contributed by atoms with van der Waals surface area (Å²) in [6.45, 7) is 6.95. The van der Waals surface area contributed by atoms with E-state index in [-0.39, 0.29) is 5.75 Å². The third kappa shape index (κ3) is 5.91. The summed E-state index contributed by atoms with van der Waals surface area (Å²) < 4.78 is 0. The summed E-state index contributed by atoms with van der Waals surface area (Å²) in [4.78, 5) is 0. The molecule has 244 valence electrons. The molecule has 0 amide bonds. The number of phenolic OH excluding ortho intramolecular Hbond substituents is 1. The Morgan fingerprint density at radius 2 is 1.04 bits per heavy atom. The lowest BCUT2D eigenvalue weighted by Crippen LogP contribution is -2.48. The van der Waals surface area contributed by atoms with E-state index in [0.717, 1.165) is 67.2 Å². The van der Waals surface area contributed by atoms with E-state index in [1.165, 1.54) is 15.8 Å². The highest BCUT2D eigenvalue weighted by Crippen LogP contribution is 2.48. The van der Waals surface area contributed by atoms with Crippen LogP contribution in [0.3, 0.4) is 0 Å². The van der Waals surface area contributed by atoms with Crippen LogP contribution in [0.1, 0.15) is 38.0 Å². The predicted molar refractivity (Wildman–Crippen MR) is 215 cm³/mol. The second-order valence-corrected chi connectivity index (χ2v) is 20.3. The Labute approximate surface area is 292 Å². The fourth-order valence-corrected chi connectivity index (χ4v) is 14.1. The Balaban J connectivity index is 1.56. The number of aromatic hydroxyl groups is 1. The molecule has 0 fully saturated rings. The predicted octanol–water partition coefficient (Wildman–Crippen LogP) is 9.92. The molecular weight excluding hydrogens is 632 g/mol. The minimum Gasteiger partial charge on any atom is -0.507 e. The molecule has 2 nitrogen and oxygen atoms in total. The first-order valence-corrected chi connectivity index (χ1v) is 21.4. The first-order valence-electron chi connectivity index (χ1n) is 17.5. The van der Waals surface area contributed by atoms with Gasteiger partial charge >= 0.3 is 0 Å². The van der Waals surface area contributed by atoms with Crippen molar-refractivity contribution >= 4 is 58.6 Å². The fourth-order valence-electron chi connectivity index (χ4n) is 7.83. The zero-order valence-corrected chi connectivity index (χ0v) is 30.4. The molecule has 7 aromatic rings. The standard InChI is InChI=1S/C45H43O2PSi/c1-4-49(5-2,6-3)41-28-18-17-27-38(41)44(46)39-30-29-32-19-13-15-25-36(32)42(39)43-37-26-16-14-20-33(37)31-40(45(43)47)48(34-21-9-7-10-22-34)35-23-11-8-12-24-35/h7-31,44,46-47H,4-6H2,1-3H3/t44-/m1/s1. The topological polar surface area (TPSA) is 40.5 Å². The molecule has 4 heteroatoms. The average Bonchev–Trinajstić information content (AvgIpc) is 3.17. The van der Waals surface area contributed by atoms with Crippen molar-refractivity contribution in [1.82, 2.24) is 0 Å².